The number of aliphatic imine (C=N–C) groups is 1. The SMILES string of the molecule is O=C(/C(F)=C/F)/C(F)=C(\F)C=Nc1ccc(O)cc1. The third-order valence-electron chi connectivity index (χ3n) is 1.90. The Morgan fingerprint density at radius 2 is 1.74 bits per heavy atom. The summed E-state index contributed by atoms with van der Waals surface area (Å²) in [4.78, 5) is 14.2. The molecule has 0 atom stereocenters. The molecule has 0 aromatic heterocycles. The molecule has 0 radical (unpaired) electrons. The lowest BCUT2D eigenvalue weighted by atomic mass is 10.3. The lowest BCUT2D eigenvalue weighted by molar-refractivity contribution is -0.115. The summed E-state index contributed by atoms with van der Waals surface area (Å²) in [6.07, 6.45) is -0.433. The molecule has 0 saturated heterocycles. The lowest BCUT2D eigenvalue weighted by Crippen LogP contribution is -2.01. The Kier molecular flexibility index (Phi) is 4.99. The number of aromatic hydroxyl groups is 1. The molecule has 0 aliphatic carbocycles. The summed E-state index contributed by atoms with van der Waals surface area (Å²) in [6.45, 7) is 0. The van der Waals surface area contributed by atoms with Crippen molar-refractivity contribution in [2.75, 3.05) is 0 Å². The first-order chi connectivity index (χ1) is 8.95. The lowest BCUT2D eigenvalue weighted by Gasteiger charge is -1.95. The van der Waals surface area contributed by atoms with Crippen LogP contribution in [0.25, 0.3) is 0 Å². The van der Waals surface area contributed by atoms with Crippen LogP contribution < -0.4 is 0 Å². The van der Waals surface area contributed by atoms with Crippen molar-refractivity contribution in [2.24, 2.45) is 4.99 Å². The number of phenols is 1. The van der Waals surface area contributed by atoms with Gasteiger partial charge in [-0.25, -0.2) is 8.78 Å². The Morgan fingerprint density at radius 1 is 1.16 bits per heavy atom. The van der Waals surface area contributed by atoms with Gasteiger partial charge in [0.05, 0.1) is 11.9 Å². The summed E-state index contributed by atoms with van der Waals surface area (Å²) < 4.78 is 50.0. The summed E-state index contributed by atoms with van der Waals surface area (Å²) in [6, 6.07) is 5.09. The number of carbonyl (C=O) groups is 1. The second-order valence-corrected chi connectivity index (χ2v) is 3.22. The first kappa shape index (κ1) is 14.6. The molecule has 100 valence electrons. The van der Waals surface area contributed by atoms with Crippen molar-refractivity contribution >= 4 is 17.7 Å². The van der Waals surface area contributed by atoms with Gasteiger partial charge in [0, 0.05) is 0 Å². The molecule has 1 aromatic carbocycles. The van der Waals surface area contributed by atoms with Crippen molar-refractivity contribution in [1.82, 2.24) is 0 Å². The normalized spacial score (nSPS) is 13.6. The highest BCUT2D eigenvalue weighted by Crippen LogP contribution is 2.18. The summed E-state index contributed by atoms with van der Waals surface area (Å²) in [7, 11) is 0. The molecule has 0 amide bonds. The molecule has 1 N–H and O–H groups in total. The fourth-order valence-electron chi connectivity index (χ4n) is 0.989. The van der Waals surface area contributed by atoms with Crippen LogP contribution in [0.1, 0.15) is 0 Å². The summed E-state index contributed by atoms with van der Waals surface area (Å²) in [5.41, 5.74) is 0.162. The van der Waals surface area contributed by atoms with Gasteiger partial charge in [0.25, 0.3) is 5.78 Å². The molecule has 0 saturated carbocycles. The third kappa shape index (κ3) is 4.06. The molecular formula is C12H7F4NO2. The van der Waals surface area contributed by atoms with Gasteiger partial charge in [-0.1, -0.05) is 0 Å². The Morgan fingerprint density at radius 3 is 2.26 bits per heavy atom. The van der Waals surface area contributed by atoms with Crippen LogP contribution >= 0.6 is 0 Å². The summed E-state index contributed by atoms with van der Waals surface area (Å²) in [5.74, 6) is -7.97. The highest BCUT2D eigenvalue weighted by molar-refractivity contribution is 6.07. The van der Waals surface area contributed by atoms with Crippen molar-refractivity contribution in [1.29, 1.82) is 0 Å². The van der Waals surface area contributed by atoms with E-state index >= 15 is 0 Å². The van der Waals surface area contributed by atoms with Crippen molar-refractivity contribution < 1.29 is 27.5 Å². The highest BCUT2D eigenvalue weighted by atomic mass is 19.2. The number of hydrogen-bond donors (Lipinski definition) is 1. The topological polar surface area (TPSA) is 49.7 Å². The number of benzene rings is 1. The van der Waals surface area contributed by atoms with Crippen LogP contribution in [0.3, 0.4) is 0 Å². The van der Waals surface area contributed by atoms with Crippen LogP contribution in [0.4, 0.5) is 23.2 Å². The number of nitrogens with zero attached hydrogens (tertiary/aromatic N) is 1. The fraction of sp³-hybridized carbons (Fsp3) is 0. The van der Waals surface area contributed by atoms with E-state index in [1.54, 1.807) is 0 Å². The van der Waals surface area contributed by atoms with Gasteiger partial charge >= 0.3 is 0 Å². The van der Waals surface area contributed by atoms with E-state index in [-0.39, 0.29) is 11.4 Å². The first-order valence-corrected chi connectivity index (χ1v) is 4.84. The number of phenolic OH excluding ortho intramolecular Hbond substituents is 1. The Bertz CT molecular complexity index is 562. The smallest absolute Gasteiger partial charge is 0.255 e. The molecule has 0 heterocycles. The molecule has 0 aliphatic heterocycles. The van der Waals surface area contributed by atoms with Gasteiger partial charge in [-0.05, 0) is 24.3 Å². The van der Waals surface area contributed by atoms with E-state index in [2.05, 4.69) is 4.99 Å². The predicted octanol–water partition coefficient (Wildman–Crippen LogP) is 3.59. The van der Waals surface area contributed by atoms with Crippen molar-refractivity contribution in [2.45, 2.75) is 0 Å². The van der Waals surface area contributed by atoms with E-state index < -0.39 is 29.6 Å². The number of Topliss-reactive ketones (excluding diaryl/α,β-unsaturated/α-hetero) is 1. The van der Waals surface area contributed by atoms with Crippen molar-refractivity contribution in [3.63, 3.8) is 0 Å². The van der Waals surface area contributed by atoms with Gasteiger partial charge in [-0.2, -0.15) is 8.78 Å². The molecule has 0 aliphatic rings. The van der Waals surface area contributed by atoms with Crippen LogP contribution in [0.15, 0.2) is 53.1 Å². The predicted molar refractivity (Wildman–Crippen MR) is 60.8 cm³/mol. The Labute approximate surface area is 105 Å². The summed E-state index contributed by atoms with van der Waals surface area (Å²) >= 11 is 0. The van der Waals surface area contributed by atoms with E-state index in [9.17, 15) is 22.4 Å². The van der Waals surface area contributed by atoms with Gasteiger partial charge in [0.1, 0.15) is 12.1 Å². The van der Waals surface area contributed by atoms with Gasteiger partial charge in [-0.15, -0.1) is 0 Å². The van der Waals surface area contributed by atoms with Crippen LogP contribution in [0, 0.1) is 0 Å². The van der Waals surface area contributed by atoms with E-state index in [4.69, 9.17) is 5.11 Å². The molecule has 0 bridgehead atoms. The van der Waals surface area contributed by atoms with Gasteiger partial charge in [0.15, 0.2) is 5.83 Å². The van der Waals surface area contributed by atoms with Crippen LogP contribution in [0.5, 0.6) is 5.75 Å². The average Bonchev–Trinajstić information content (AvgIpc) is 2.43. The van der Waals surface area contributed by atoms with Crippen LogP contribution in [0.2, 0.25) is 0 Å². The largest absolute Gasteiger partial charge is 0.508 e. The third-order valence-corrected chi connectivity index (χ3v) is 1.90. The zero-order valence-corrected chi connectivity index (χ0v) is 9.28. The molecule has 19 heavy (non-hydrogen) atoms. The van der Waals surface area contributed by atoms with E-state index in [1.165, 1.54) is 24.3 Å². The number of ketones is 1. The van der Waals surface area contributed by atoms with E-state index in [1.807, 2.05) is 0 Å². The average molecular weight is 273 g/mol. The zero-order valence-electron chi connectivity index (χ0n) is 9.28. The molecule has 7 heteroatoms. The zero-order chi connectivity index (χ0) is 14.4. The number of hydrogen-bond acceptors (Lipinski definition) is 3. The summed E-state index contributed by atoms with van der Waals surface area (Å²) in [5, 5.41) is 8.96. The minimum Gasteiger partial charge on any atom is -0.508 e. The van der Waals surface area contributed by atoms with Crippen molar-refractivity contribution in [3.05, 3.63) is 48.1 Å². The molecule has 0 fully saturated rings. The molecule has 0 unspecified atom stereocenters. The minimum atomic E-state index is -2.09. The molecular weight excluding hydrogens is 266 g/mol. The van der Waals surface area contributed by atoms with Crippen LogP contribution in [-0.2, 0) is 4.79 Å². The molecule has 3 nitrogen and oxygen atoms in total. The quantitative estimate of drug-likeness (QED) is 0.517. The second kappa shape index (κ2) is 6.48. The van der Waals surface area contributed by atoms with Gasteiger partial charge < -0.3 is 5.11 Å². The maximum absolute atomic E-state index is 13.1. The maximum Gasteiger partial charge on any atom is 0.255 e. The van der Waals surface area contributed by atoms with Gasteiger partial charge in [0.2, 0.25) is 11.7 Å². The highest BCUT2D eigenvalue weighted by Gasteiger charge is 2.19. The molecule has 0 spiro atoms. The van der Waals surface area contributed by atoms with Crippen molar-refractivity contribution in [3.8, 4) is 5.75 Å². The molecule has 1 aromatic rings. The molecule has 1 rings (SSSR count). The monoisotopic (exact) mass is 273 g/mol. The first-order valence-electron chi connectivity index (χ1n) is 4.84. The number of allylic oxidation sites excluding steroid dienone is 3. The minimum absolute atomic E-state index is 0.0496. The fourth-order valence-corrected chi connectivity index (χ4v) is 0.989. The van der Waals surface area contributed by atoms with E-state index in [0.29, 0.717) is 6.21 Å². The van der Waals surface area contributed by atoms with E-state index in [0.717, 1.165) is 0 Å². The van der Waals surface area contributed by atoms with Gasteiger partial charge in [-0.3, -0.25) is 9.79 Å². The number of rotatable bonds is 4. The maximum atomic E-state index is 13.1. The number of carbonyl (C=O) groups excluding carboxylic acids is 1. The Balaban J connectivity index is 2.91. The Hall–Kier alpha value is -2.44. The second-order valence-electron chi connectivity index (χ2n) is 3.22. The standard InChI is InChI=1S/C12H7F4NO2/c13-5-9(14)12(19)11(16)10(15)6-17-7-1-3-8(18)4-2-7/h1-6,18H/b9-5-,11-10+,17-6?. The number of halogens is 4. The van der Waals surface area contributed by atoms with Crippen LogP contribution in [-0.4, -0.2) is 17.1 Å².